The number of hydrogen-bond acceptors (Lipinski definition) is 4. The van der Waals surface area contributed by atoms with Gasteiger partial charge in [0, 0.05) is 30.2 Å². The minimum atomic E-state index is -0.498. The lowest BCUT2D eigenvalue weighted by Gasteiger charge is -2.15. The summed E-state index contributed by atoms with van der Waals surface area (Å²) in [5, 5.41) is 1.70. The molecule has 25 heavy (non-hydrogen) atoms. The normalized spacial score (nSPS) is 14.1. The van der Waals surface area contributed by atoms with Crippen LogP contribution in [0.25, 0.3) is 10.8 Å². The number of anilines is 1. The zero-order valence-electron chi connectivity index (χ0n) is 13.5. The number of carbonyl (C=O) groups excluding carboxylic acids is 2. The highest BCUT2D eigenvalue weighted by atomic mass is 16.5. The lowest BCUT2D eigenvalue weighted by molar-refractivity contribution is -0.117. The molecule has 0 aliphatic carbocycles. The first-order chi connectivity index (χ1) is 12.2. The molecule has 1 amide bonds. The van der Waals surface area contributed by atoms with E-state index in [0.717, 1.165) is 29.4 Å². The molecule has 0 saturated carbocycles. The van der Waals surface area contributed by atoms with Crippen molar-refractivity contribution < 1.29 is 14.3 Å². The fourth-order valence-electron chi connectivity index (χ4n) is 3.05. The summed E-state index contributed by atoms with van der Waals surface area (Å²) >= 11 is 0. The van der Waals surface area contributed by atoms with Gasteiger partial charge in [-0.05, 0) is 42.1 Å². The monoisotopic (exact) mass is 332 g/mol. The van der Waals surface area contributed by atoms with E-state index < -0.39 is 5.97 Å². The summed E-state index contributed by atoms with van der Waals surface area (Å²) in [4.78, 5) is 30.2. The molecule has 0 atom stereocenters. The van der Waals surface area contributed by atoms with E-state index in [1.807, 2.05) is 30.3 Å². The second-order valence-electron chi connectivity index (χ2n) is 5.91. The molecule has 0 radical (unpaired) electrons. The zero-order valence-corrected chi connectivity index (χ0v) is 13.5. The summed E-state index contributed by atoms with van der Waals surface area (Å²) < 4.78 is 5.45. The van der Waals surface area contributed by atoms with Gasteiger partial charge in [-0.1, -0.05) is 24.3 Å². The van der Waals surface area contributed by atoms with Crippen molar-refractivity contribution in [2.24, 2.45) is 0 Å². The summed E-state index contributed by atoms with van der Waals surface area (Å²) in [5.41, 5.74) is 1.11. The second-order valence-corrected chi connectivity index (χ2v) is 5.91. The van der Waals surface area contributed by atoms with Crippen LogP contribution in [0.3, 0.4) is 0 Å². The fourth-order valence-corrected chi connectivity index (χ4v) is 3.05. The molecule has 1 aliphatic heterocycles. The van der Waals surface area contributed by atoms with Crippen molar-refractivity contribution in [2.75, 3.05) is 11.4 Å². The number of ether oxygens (including phenoxy) is 1. The number of aromatic nitrogens is 1. The SMILES string of the molecule is O=C(Oc1ccc(N2CCCC2=O)cc1)c1nccc2ccccc12. The highest BCUT2D eigenvalue weighted by Crippen LogP contribution is 2.25. The summed E-state index contributed by atoms with van der Waals surface area (Å²) in [5.74, 6) is 0.0571. The van der Waals surface area contributed by atoms with Crippen LogP contribution in [0.5, 0.6) is 5.75 Å². The molecule has 0 unspecified atom stereocenters. The van der Waals surface area contributed by atoms with Crippen LogP contribution < -0.4 is 9.64 Å². The van der Waals surface area contributed by atoms with Crippen LogP contribution in [0, 0.1) is 0 Å². The maximum absolute atomic E-state index is 12.5. The topological polar surface area (TPSA) is 59.5 Å². The van der Waals surface area contributed by atoms with Crippen molar-refractivity contribution in [3.8, 4) is 5.75 Å². The molecule has 0 bridgehead atoms. The molecular formula is C20H16N2O3. The Labute approximate surface area is 144 Å². The molecule has 3 aromatic rings. The highest BCUT2D eigenvalue weighted by Gasteiger charge is 2.21. The molecule has 0 N–H and O–H groups in total. The number of fused-ring (bicyclic) bond motifs is 1. The van der Waals surface area contributed by atoms with Crippen LogP contribution >= 0.6 is 0 Å². The number of rotatable bonds is 3. The molecule has 1 saturated heterocycles. The van der Waals surface area contributed by atoms with E-state index in [1.54, 1.807) is 35.4 Å². The third kappa shape index (κ3) is 2.96. The molecule has 1 aromatic heterocycles. The molecule has 5 heteroatoms. The van der Waals surface area contributed by atoms with Gasteiger partial charge in [0.1, 0.15) is 5.75 Å². The van der Waals surface area contributed by atoms with E-state index in [-0.39, 0.29) is 11.6 Å². The van der Waals surface area contributed by atoms with E-state index >= 15 is 0 Å². The average Bonchev–Trinajstić information content (AvgIpc) is 3.08. The Morgan fingerprint density at radius 2 is 1.84 bits per heavy atom. The number of esters is 1. The van der Waals surface area contributed by atoms with Gasteiger partial charge in [0.05, 0.1) is 0 Å². The van der Waals surface area contributed by atoms with Crippen molar-refractivity contribution in [3.05, 3.63) is 66.5 Å². The number of carbonyl (C=O) groups is 2. The smallest absolute Gasteiger partial charge is 0.362 e. The number of nitrogens with zero attached hydrogens (tertiary/aromatic N) is 2. The Morgan fingerprint density at radius 3 is 2.60 bits per heavy atom. The summed E-state index contributed by atoms with van der Waals surface area (Å²) in [7, 11) is 0. The van der Waals surface area contributed by atoms with E-state index in [9.17, 15) is 9.59 Å². The summed E-state index contributed by atoms with van der Waals surface area (Å²) in [6.45, 7) is 0.734. The molecule has 124 valence electrons. The van der Waals surface area contributed by atoms with Gasteiger partial charge in [-0.25, -0.2) is 9.78 Å². The van der Waals surface area contributed by atoms with Gasteiger partial charge in [0.25, 0.3) is 0 Å². The van der Waals surface area contributed by atoms with Crippen LogP contribution in [0.2, 0.25) is 0 Å². The molecule has 2 aromatic carbocycles. The molecule has 0 spiro atoms. The van der Waals surface area contributed by atoms with Crippen LogP contribution in [-0.2, 0) is 4.79 Å². The van der Waals surface area contributed by atoms with Gasteiger partial charge < -0.3 is 9.64 Å². The van der Waals surface area contributed by atoms with Gasteiger partial charge in [0.15, 0.2) is 5.69 Å². The number of amides is 1. The van der Waals surface area contributed by atoms with Gasteiger partial charge in [0.2, 0.25) is 5.91 Å². The first-order valence-corrected chi connectivity index (χ1v) is 8.19. The average molecular weight is 332 g/mol. The number of pyridine rings is 1. The van der Waals surface area contributed by atoms with E-state index in [0.29, 0.717) is 12.2 Å². The van der Waals surface area contributed by atoms with Crippen LogP contribution in [-0.4, -0.2) is 23.4 Å². The van der Waals surface area contributed by atoms with Gasteiger partial charge in [-0.15, -0.1) is 0 Å². The van der Waals surface area contributed by atoms with Crippen molar-refractivity contribution in [1.29, 1.82) is 0 Å². The Morgan fingerprint density at radius 1 is 1.04 bits per heavy atom. The largest absolute Gasteiger partial charge is 0.422 e. The molecule has 1 fully saturated rings. The van der Waals surface area contributed by atoms with Crippen molar-refractivity contribution in [2.45, 2.75) is 12.8 Å². The van der Waals surface area contributed by atoms with E-state index in [2.05, 4.69) is 4.98 Å². The van der Waals surface area contributed by atoms with Crippen LogP contribution in [0.4, 0.5) is 5.69 Å². The lowest BCUT2D eigenvalue weighted by atomic mass is 10.1. The fraction of sp³-hybridized carbons (Fsp3) is 0.150. The predicted molar refractivity (Wildman–Crippen MR) is 94.7 cm³/mol. The number of benzene rings is 2. The molecule has 5 nitrogen and oxygen atoms in total. The summed E-state index contributed by atoms with van der Waals surface area (Å²) in [6.07, 6.45) is 3.06. The Bertz CT molecular complexity index is 945. The number of hydrogen-bond donors (Lipinski definition) is 0. The molecule has 1 aliphatic rings. The molecule has 4 rings (SSSR count). The van der Waals surface area contributed by atoms with Gasteiger partial charge >= 0.3 is 5.97 Å². The molecular weight excluding hydrogens is 316 g/mol. The molecule has 2 heterocycles. The van der Waals surface area contributed by atoms with E-state index in [1.165, 1.54) is 0 Å². The van der Waals surface area contributed by atoms with Crippen molar-refractivity contribution in [3.63, 3.8) is 0 Å². The zero-order chi connectivity index (χ0) is 17.2. The lowest BCUT2D eigenvalue weighted by Crippen LogP contribution is -2.23. The second kappa shape index (κ2) is 6.36. The maximum Gasteiger partial charge on any atom is 0.362 e. The first kappa shape index (κ1) is 15.3. The standard InChI is InChI=1S/C20H16N2O3/c23-18-6-3-13-22(18)15-7-9-16(10-8-15)25-20(24)19-17-5-2-1-4-14(17)11-12-21-19/h1-2,4-5,7-12H,3,6,13H2. The Kier molecular flexibility index (Phi) is 3.90. The third-order valence-corrected chi connectivity index (χ3v) is 4.30. The minimum Gasteiger partial charge on any atom is -0.422 e. The summed E-state index contributed by atoms with van der Waals surface area (Å²) in [6, 6.07) is 16.4. The Hall–Kier alpha value is -3.21. The predicted octanol–water partition coefficient (Wildman–Crippen LogP) is 3.58. The third-order valence-electron chi connectivity index (χ3n) is 4.30. The van der Waals surface area contributed by atoms with Crippen LogP contribution in [0.15, 0.2) is 60.8 Å². The maximum atomic E-state index is 12.5. The van der Waals surface area contributed by atoms with Crippen LogP contribution in [0.1, 0.15) is 23.3 Å². The van der Waals surface area contributed by atoms with Crippen molar-refractivity contribution >= 4 is 28.3 Å². The first-order valence-electron chi connectivity index (χ1n) is 8.19. The minimum absolute atomic E-state index is 0.129. The van der Waals surface area contributed by atoms with Crippen molar-refractivity contribution in [1.82, 2.24) is 4.98 Å². The Balaban J connectivity index is 1.55. The van der Waals surface area contributed by atoms with E-state index in [4.69, 9.17) is 4.74 Å². The van der Waals surface area contributed by atoms with Gasteiger partial charge in [-0.3, -0.25) is 4.79 Å². The van der Waals surface area contributed by atoms with Gasteiger partial charge in [-0.2, -0.15) is 0 Å². The quantitative estimate of drug-likeness (QED) is 0.543. The highest BCUT2D eigenvalue weighted by molar-refractivity contribution is 6.03.